The number of likely N-dealkylation sites (tertiary alicyclic amines) is 1. The summed E-state index contributed by atoms with van der Waals surface area (Å²) in [5.41, 5.74) is 1.79. The Morgan fingerprint density at radius 3 is 2.28 bits per heavy atom. The molecule has 2 aromatic rings. The van der Waals surface area contributed by atoms with Gasteiger partial charge in [0.25, 0.3) is 5.91 Å². The van der Waals surface area contributed by atoms with Crippen LogP contribution < -0.4 is 10.1 Å². The van der Waals surface area contributed by atoms with Crippen molar-refractivity contribution in [1.82, 2.24) is 10.2 Å². The van der Waals surface area contributed by atoms with E-state index < -0.39 is 0 Å². The second-order valence-corrected chi connectivity index (χ2v) is 6.28. The summed E-state index contributed by atoms with van der Waals surface area (Å²) in [5, 5.41) is 3.05. The van der Waals surface area contributed by atoms with Gasteiger partial charge in [0.15, 0.2) is 0 Å². The molecule has 0 bridgehead atoms. The zero-order valence-corrected chi connectivity index (χ0v) is 14.3. The lowest BCUT2D eigenvalue weighted by atomic mass is 10.0. The summed E-state index contributed by atoms with van der Waals surface area (Å²) >= 11 is 0. The number of rotatable bonds is 3. The maximum atomic E-state index is 12.3. The second kappa shape index (κ2) is 7.83. The van der Waals surface area contributed by atoms with Gasteiger partial charge in [-0.2, -0.15) is 0 Å². The highest BCUT2D eigenvalue weighted by atomic mass is 16.6. The van der Waals surface area contributed by atoms with Gasteiger partial charge in [0, 0.05) is 24.7 Å². The van der Waals surface area contributed by atoms with E-state index in [0.717, 1.165) is 18.4 Å². The van der Waals surface area contributed by atoms with E-state index in [2.05, 4.69) is 5.32 Å². The summed E-state index contributed by atoms with van der Waals surface area (Å²) < 4.78 is 5.35. The summed E-state index contributed by atoms with van der Waals surface area (Å²) in [4.78, 5) is 26.1. The highest BCUT2D eigenvalue weighted by molar-refractivity contribution is 5.94. The molecule has 3 rings (SSSR count). The number of carbonyl (C=O) groups is 2. The number of carbonyl (C=O) groups excluding carboxylic acids is 2. The Hall–Kier alpha value is -2.82. The minimum absolute atomic E-state index is 0.0645. The number of para-hydroxylation sites is 1. The van der Waals surface area contributed by atoms with Crippen LogP contribution in [-0.4, -0.2) is 36.0 Å². The van der Waals surface area contributed by atoms with E-state index in [0.29, 0.717) is 24.4 Å². The quantitative estimate of drug-likeness (QED) is 0.933. The largest absolute Gasteiger partial charge is 0.415 e. The molecular formula is C20H22N2O3. The van der Waals surface area contributed by atoms with Crippen LogP contribution in [0.25, 0.3) is 0 Å². The Bertz CT molecular complexity index is 720. The van der Waals surface area contributed by atoms with Gasteiger partial charge in [-0.3, -0.25) is 4.79 Å². The van der Waals surface area contributed by atoms with Crippen LogP contribution in [0.4, 0.5) is 4.79 Å². The van der Waals surface area contributed by atoms with Gasteiger partial charge in [0.2, 0.25) is 0 Å². The lowest BCUT2D eigenvalue weighted by Crippen LogP contribution is -2.47. The molecule has 1 N–H and O–H groups in total. The van der Waals surface area contributed by atoms with Crippen molar-refractivity contribution in [3.8, 4) is 5.75 Å². The lowest BCUT2D eigenvalue weighted by molar-refractivity contribution is 0.0910. The van der Waals surface area contributed by atoms with Crippen molar-refractivity contribution in [2.75, 3.05) is 13.1 Å². The Morgan fingerprint density at radius 2 is 1.64 bits per heavy atom. The first-order valence-corrected chi connectivity index (χ1v) is 8.51. The number of hydrogen-bond donors (Lipinski definition) is 1. The number of amides is 2. The number of nitrogens with one attached hydrogen (secondary N) is 1. The Labute approximate surface area is 147 Å². The summed E-state index contributed by atoms with van der Waals surface area (Å²) in [6.07, 6.45) is 1.11. The molecule has 2 aromatic carbocycles. The third-order valence-electron chi connectivity index (χ3n) is 4.35. The molecule has 0 aliphatic carbocycles. The highest BCUT2D eigenvalue weighted by Gasteiger charge is 2.25. The molecule has 2 amide bonds. The van der Waals surface area contributed by atoms with Gasteiger partial charge < -0.3 is 15.0 Å². The molecule has 0 unspecified atom stereocenters. The Balaban J connectivity index is 1.47. The van der Waals surface area contributed by atoms with Crippen LogP contribution in [0.3, 0.4) is 0 Å². The summed E-state index contributed by atoms with van der Waals surface area (Å²) in [6, 6.07) is 16.6. The highest BCUT2D eigenvalue weighted by Crippen LogP contribution is 2.15. The van der Waals surface area contributed by atoms with E-state index in [1.54, 1.807) is 17.0 Å². The van der Waals surface area contributed by atoms with Crippen molar-refractivity contribution in [1.29, 1.82) is 0 Å². The molecule has 0 saturated carbocycles. The fourth-order valence-corrected chi connectivity index (χ4v) is 2.83. The second-order valence-electron chi connectivity index (χ2n) is 6.28. The monoisotopic (exact) mass is 338 g/mol. The maximum absolute atomic E-state index is 12.3. The van der Waals surface area contributed by atoms with Crippen LogP contribution in [0.2, 0.25) is 0 Å². The molecule has 1 fully saturated rings. The summed E-state index contributed by atoms with van der Waals surface area (Å²) in [6.45, 7) is 3.14. The van der Waals surface area contributed by atoms with Gasteiger partial charge in [-0.25, -0.2) is 4.79 Å². The molecule has 130 valence electrons. The summed E-state index contributed by atoms with van der Waals surface area (Å²) in [5.74, 6) is 0.479. The van der Waals surface area contributed by atoms with Crippen LogP contribution in [0.5, 0.6) is 5.75 Å². The lowest BCUT2D eigenvalue weighted by Gasteiger charge is -2.31. The van der Waals surface area contributed by atoms with E-state index in [1.165, 1.54) is 0 Å². The zero-order chi connectivity index (χ0) is 17.6. The molecule has 5 nitrogen and oxygen atoms in total. The van der Waals surface area contributed by atoms with Crippen molar-refractivity contribution < 1.29 is 14.3 Å². The van der Waals surface area contributed by atoms with Gasteiger partial charge in [-0.05, 0) is 44.0 Å². The van der Waals surface area contributed by atoms with Gasteiger partial charge in [0.1, 0.15) is 5.75 Å². The van der Waals surface area contributed by atoms with Gasteiger partial charge in [-0.1, -0.05) is 35.9 Å². The Kier molecular flexibility index (Phi) is 5.33. The third kappa shape index (κ3) is 4.59. The van der Waals surface area contributed by atoms with Crippen LogP contribution in [0, 0.1) is 6.92 Å². The fraction of sp³-hybridized carbons (Fsp3) is 0.300. The van der Waals surface area contributed by atoms with Crippen molar-refractivity contribution in [2.24, 2.45) is 0 Å². The van der Waals surface area contributed by atoms with Crippen LogP contribution in [0.1, 0.15) is 28.8 Å². The van der Waals surface area contributed by atoms with Crippen molar-refractivity contribution in [3.63, 3.8) is 0 Å². The topological polar surface area (TPSA) is 58.6 Å². The number of nitrogens with zero attached hydrogens (tertiary/aromatic N) is 1. The van der Waals surface area contributed by atoms with Gasteiger partial charge >= 0.3 is 6.09 Å². The van der Waals surface area contributed by atoms with Crippen molar-refractivity contribution >= 4 is 12.0 Å². The third-order valence-corrected chi connectivity index (χ3v) is 4.35. The SMILES string of the molecule is Cc1ccc(C(=O)NC2CCN(C(=O)Oc3ccccc3)CC2)cc1. The van der Waals surface area contributed by atoms with Crippen molar-refractivity contribution in [2.45, 2.75) is 25.8 Å². The average molecular weight is 338 g/mol. The molecule has 0 radical (unpaired) electrons. The zero-order valence-electron chi connectivity index (χ0n) is 14.3. The predicted molar refractivity (Wildman–Crippen MR) is 95.7 cm³/mol. The van der Waals surface area contributed by atoms with Gasteiger partial charge in [0.05, 0.1) is 0 Å². The maximum Gasteiger partial charge on any atom is 0.415 e. The van der Waals surface area contributed by atoms with Gasteiger partial charge in [-0.15, -0.1) is 0 Å². The molecule has 5 heteroatoms. The normalized spacial score (nSPS) is 14.8. The molecule has 1 saturated heterocycles. The van der Waals surface area contributed by atoms with Crippen molar-refractivity contribution in [3.05, 3.63) is 65.7 Å². The average Bonchev–Trinajstić information content (AvgIpc) is 2.63. The van der Waals surface area contributed by atoms with E-state index >= 15 is 0 Å². The number of hydrogen-bond acceptors (Lipinski definition) is 3. The van der Waals surface area contributed by atoms with E-state index in [1.807, 2.05) is 49.4 Å². The molecule has 1 aliphatic heterocycles. The molecule has 25 heavy (non-hydrogen) atoms. The molecule has 0 aromatic heterocycles. The summed E-state index contributed by atoms with van der Waals surface area (Å²) in [7, 11) is 0. The minimum atomic E-state index is -0.338. The smallest absolute Gasteiger partial charge is 0.410 e. The van der Waals surface area contributed by atoms with E-state index in [4.69, 9.17) is 4.74 Å². The van der Waals surface area contributed by atoms with E-state index in [-0.39, 0.29) is 18.0 Å². The first kappa shape index (κ1) is 17.0. The van der Waals surface area contributed by atoms with Crippen LogP contribution in [-0.2, 0) is 0 Å². The molecule has 1 heterocycles. The number of benzene rings is 2. The Morgan fingerprint density at radius 1 is 1.00 bits per heavy atom. The molecule has 1 aliphatic rings. The number of aryl methyl sites for hydroxylation is 1. The first-order valence-electron chi connectivity index (χ1n) is 8.51. The predicted octanol–water partition coefficient (Wildman–Crippen LogP) is 3.39. The number of piperidine rings is 1. The van der Waals surface area contributed by atoms with E-state index in [9.17, 15) is 9.59 Å². The molecular weight excluding hydrogens is 316 g/mol. The number of ether oxygens (including phenoxy) is 1. The minimum Gasteiger partial charge on any atom is -0.410 e. The standard InChI is InChI=1S/C20H22N2O3/c1-15-7-9-16(10-8-15)19(23)21-17-11-13-22(14-12-17)20(24)25-18-5-3-2-4-6-18/h2-10,17H,11-14H2,1H3,(H,21,23). The fourth-order valence-electron chi connectivity index (χ4n) is 2.83. The van der Waals surface area contributed by atoms with Crippen LogP contribution >= 0.6 is 0 Å². The molecule has 0 atom stereocenters. The molecule has 0 spiro atoms. The first-order chi connectivity index (χ1) is 12.1. The van der Waals surface area contributed by atoms with Crippen LogP contribution in [0.15, 0.2) is 54.6 Å².